The molecule has 0 N–H and O–H groups in total. The third-order valence-corrected chi connectivity index (χ3v) is 22.4. The molecule has 4 aliphatic rings. The average Bonchev–Trinajstić information content (AvgIpc) is 3.24. The molecule has 0 spiro atoms. The molecular formula is C38H67NO4Si2. The van der Waals surface area contributed by atoms with Crippen LogP contribution in [0.3, 0.4) is 0 Å². The van der Waals surface area contributed by atoms with Gasteiger partial charge < -0.3 is 18.5 Å². The second-order valence-electron chi connectivity index (χ2n) is 18.4. The van der Waals surface area contributed by atoms with Gasteiger partial charge in [-0.05, 0) is 79.2 Å². The van der Waals surface area contributed by atoms with E-state index < -0.39 is 22.4 Å². The lowest BCUT2D eigenvalue weighted by molar-refractivity contribution is -0.230. The Morgan fingerprint density at radius 2 is 1.60 bits per heavy atom. The summed E-state index contributed by atoms with van der Waals surface area (Å²) in [4.78, 5) is 14.3. The van der Waals surface area contributed by atoms with E-state index in [0.717, 1.165) is 19.3 Å². The van der Waals surface area contributed by atoms with Gasteiger partial charge in [-0.3, -0.25) is 4.79 Å². The fraction of sp³-hybridized carbons (Fsp3) is 0.816. The van der Waals surface area contributed by atoms with Crippen molar-refractivity contribution in [2.24, 2.45) is 22.7 Å². The average molecular weight is 658 g/mol. The van der Waals surface area contributed by atoms with E-state index in [1.165, 1.54) is 18.4 Å². The minimum absolute atomic E-state index is 0.0215. The Bertz CT molecular complexity index is 1230. The molecular weight excluding hydrogens is 591 g/mol. The number of hydrogen-bond donors (Lipinski definition) is 0. The summed E-state index contributed by atoms with van der Waals surface area (Å²) in [6.45, 7) is 31.1. The maximum atomic E-state index is 12.7. The zero-order valence-corrected chi connectivity index (χ0v) is 33.7. The standard InChI is InChI=1S/C38H67NO4Si2/c1-16-27-18-20-30-29-19-17-28-25-38(41-24-22-33(40)39(10)11,43-45(14,15)35(5,6)7)26-32(42-44(12,13)34(2,3)4)37(28,9)31(29)21-23-36(27,30)8/h17-19,30-32H,16,20-26H2,1-15H3/t30-,31-,32?,36+,37-,38+/m0/s1. The molecule has 1 unspecified atom stereocenters. The molecule has 45 heavy (non-hydrogen) atoms. The van der Waals surface area contributed by atoms with Gasteiger partial charge in [-0.2, -0.15) is 0 Å². The number of rotatable bonds is 9. The van der Waals surface area contributed by atoms with Crippen LogP contribution < -0.4 is 0 Å². The van der Waals surface area contributed by atoms with Gasteiger partial charge in [0.15, 0.2) is 22.4 Å². The first kappa shape index (κ1) is 36.8. The van der Waals surface area contributed by atoms with E-state index in [9.17, 15) is 4.79 Å². The molecule has 0 aliphatic heterocycles. The minimum Gasteiger partial charge on any atom is -0.413 e. The van der Waals surface area contributed by atoms with E-state index in [2.05, 4.69) is 107 Å². The molecule has 256 valence electrons. The number of fused-ring (bicyclic) bond motifs is 5. The molecule has 0 saturated heterocycles. The van der Waals surface area contributed by atoms with Crippen LogP contribution in [-0.2, 0) is 18.4 Å². The summed E-state index contributed by atoms with van der Waals surface area (Å²) in [5.74, 6) is 0.291. The van der Waals surface area contributed by atoms with Crippen molar-refractivity contribution in [3.63, 3.8) is 0 Å². The van der Waals surface area contributed by atoms with Crippen molar-refractivity contribution >= 4 is 22.5 Å². The fourth-order valence-electron chi connectivity index (χ4n) is 8.31. The minimum atomic E-state index is -2.26. The highest BCUT2D eigenvalue weighted by Gasteiger charge is 2.62. The van der Waals surface area contributed by atoms with E-state index in [1.54, 1.807) is 16.0 Å². The van der Waals surface area contributed by atoms with Crippen LogP contribution in [-0.4, -0.2) is 60.0 Å². The summed E-state index contributed by atoms with van der Waals surface area (Å²) < 4.78 is 21.9. The zero-order valence-electron chi connectivity index (χ0n) is 31.7. The molecule has 0 heterocycles. The lowest BCUT2D eigenvalue weighted by atomic mass is 9.49. The van der Waals surface area contributed by atoms with Gasteiger partial charge in [-0.15, -0.1) is 0 Å². The molecule has 1 amide bonds. The third kappa shape index (κ3) is 6.56. The third-order valence-electron chi connectivity index (χ3n) is 13.4. The first-order valence-electron chi connectivity index (χ1n) is 17.8. The summed E-state index contributed by atoms with van der Waals surface area (Å²) >= 11 is 0. The van der Waals surface area contributed by atoms with Crippen molar-refractivity contribution in [1.82, 2.24) is 4.90 Å². The van der Waals surface area contributed by atoms with E-state index in [4.69, 9.17) is 13.6 Å². The number of hydrogen-bond acceptors (Lipinski definition) is 4. The number of allylic oxidation sites excluding steroid dienone is 5. The molecule has 0 aromatic rings. The molecule has 2 fully saturated rings. The van der Waals surface area contributed by atoms with Crippen LogP contribution >= 0.6 is 0 Å². The largest absolute Gasteiger partial charge is 0.413 e. The van der Waals surface area contributed by atoms with Gasteiger partial charge >= 0.3 is 0 Å². The van der Waals surface area contributed by atoms with Crippen LogP contribution in [0.25, 0.3) is 0 Å². The van der Waals surface area contributed by atoms with Gasteiger partial charge in [-0.25, -0.2) is 0 Å². The van der Waals surface area contributed by atoms with E-state index in [1.807, 2.05) is 14.1 Å². The topological polar surface area (TPSA) is 48.0 Å². The number of nitrogens with zero attached hydrogens (tertiary/aromatic N) is 1. The first-order valence-corrected chi connectivity index (χ1v) is 23.6. The van der Waals surface area contributed by atoms with Crippen LogP contribution in [0.2, 0.25) is 36.3 Å². The van der Waals surface area contributed by atoms with Gasteiger partial charge in [0, 0.05) is 32.4 Å². The summed E-state index contributed by atoms with van der Waals surface area (Å²) in [7, 11) is -0.799. The number of carbonyl (C=O) groups is 1. The van der Waals surface area contributed by atoms with Crippen LogP contribution in [0, 0.1) is 22.7 Å². The Kier molecular flexibility index (Phi) is 9.95. The van der Waals surface area contributed by atoms with E-state index in [0.29, 0.717) is 31.3 Å². The van der Waals surface area contributed by atoms with Crippen LogP contribution in [0.15, 0.2) is 34.9 Å². The van der Waals surface area contributed by atoms with E-state index in [-0.39, 0.29) is 32.9 Å². The van der Waals surface area contributed by atoms with Gasteiger partial charge in [0.25, 0.3) is 0 Å². The van der Waals surface area contributed by atoms with Gasteiger partial charge in [0.1, 0.15) is 0 Å². The normalized spacial score (nSPS) is 33.8. The van der Waals surface area contributed by atoms with Gasteiger partial charge in [-0.1, -0.05) is 97.3 Å². The van der Waals surface area contributed by atoms with Crippen LogP contribution in [0.5, 0.6) is 0 Å². The smallest absolute Gasteiger partial charge is 0.224 e. The predicted octanol–water partition coefficient (Wildman–Crippen LogP) is 10.0. The molecule has 2 saturated carbocycles. The molecule has 0 bridgehead atoms. The quantitative estimate of drug-likeness (QED) is 0.141. The van der Waals surface area contributed by atoms with Crippen molar-refractivity contribution in [3.05, 3.63) is 34.9 Å². The lowest BCUT2D eigenvalue weighted by Crippen LogP contribution is -2.62. The Morgan fingerprint density at radius 1 is 0.978 bits per heavy atom. The van der Waals surface area contributed by atoms with Crippen LogP contribution in [0.4, 0.5) is 0 Å². The fourth-order valence-corrected chi connectivity index (χ4v) is 11.2. The monoisotopic (exact) mass is 657 g/mol. The molecule has 4 rings (SSSR count). The highest BCUT2D eigenvalue weighted by Crippen LogP contribution is 2.66. The van der Waals surface area contributed by atoms with Crippen molar-refractivity contribution in [3.8, 4) is 0 Å². The molecule has 5 nitrogen and oxygen atoms in total. The second kappa shape index (κ2) is 12.2. The summed E-state index contributed by atoms with van der Waals surface area (Å²) in [5.41, 5.74) is 4.87. The number of amides is 1. The maximum Gasteiger partial charge on any atom is 0.224 e. The summed E-state index contributed by atoms with van der Waals surface area (Å²) in [6.07, 6.45) is 14.0. The highest BCUT2D eigenvalue weighted by molar-refractivity contribution is 6.74. The highest BCUT2D eigenvalue weighted by atomic mass is 28.4. The summed E-state index contributed by atoms with van der Waals surface area (Å²) in [6, 6.07) is 0. The van der Waals surface area contributed by atoms with Crippen LogP contribution in [0.1, 0.15) is 107 Å². The molecule has 4 aliphatic carbocycles. The van der Waals surface area contributed by atoms with Crippen molar-refractivity contribution in [2.45, 2.75) is 155 Å². The SMILES string of the molecule is CCC1=CC[C@H]2C3=CC=C4C[C@@](OCCC(=O)N(C)C)(O[Si](C)(C)C(C)(C)C)CC(O[Si](C)(C)C(C)(C)C)[C@]4(C)[C@H]3CC[C@]12C. The summed E-state index contributed by atoms with van der Waals surface area (Å²) in [5, 5.41) is 0.101. The lowest BCUT2D eigenvalue weighted by Gasteiger charge is -2.61. The maximum absolute atomic E-state index is 12.7. The van der Waals surface area contributed by atoms with Crippen molar-refractivity contribution in [2.75, 3.05) is 20.7 Å². The number of ether oxygens (including phenoxy) is 1. The molecule has 7 heteroatoms. The predicted molar refractivity (Wildman–Crippen MR) is 193 cm³/mol. The molecule has 0 aromatic carbocycles. The second-order valence-corrected chi connectivity index (χ2v) is 27.9. The molecule has 0 radical (unpaired) electrons. The Labute approximate surface area is 278 Å². The van der Waals surface area contributed by atoms with Crippen molar-refractivity contribution < 1.29 is 18.4 Å². The Hall–Kier alpha value is -0.996. The molecule has 6 atom stereocenters. The number of carbonyl (C=O) groups excluding carboxylic acids is 1. The van der Waals surface area contributed by atoms with Crippen molar-refractivity contribution in [1.29, 1.82) is 0 Å². The molecule has 0 aromatic heterocycles. The van der Waals surface area contributed by atoms with E-state index >= 15 is 0 Å². The first-order chi connectivity index (χ1) is 20.4. The Balaban J connectivity index is 1.83. The van der Waals surface area contributed by atoms with Gasteiger partial charge in [0.2, 0.25) is 5.91 Å². The van der Waals surface area contributed by atoms with Gasteiger partial charge in [0.05, 0.1) is 19.1 Å². The Morgan fingerprint density at radius 3 is 2.16 bits per heavy atom. The zero-order chi connectivity index (χ0) is 34.0.